The predicted octanol–water partition coefficient (Wildman–Crippen LogP) is 3.46. The minimum Gasteiger partial charge on any atom is -0.483 e. The minimum atomic E-state index is -0.148. The van der Waals surface area contributed by atoms with Crippen LogP contribution in [0.1, 0.15) is 18.1 Å². The van der Waals surface area contributed by atoms with Gasteiger partial charge in [0.25, 0.3) is 5.91 Å². The van der Waals surface area contributed by atoms with Gasteiger partial charge < -0.3 is 19.9 Å². The molecule has 5 nitrogen and oxygen atoms in total. The highest BCUT2D eigenvalue weighted by Crippen LogP contribution is 2.24. The average Bonchev–Trinajstić information content (AvgIpc) is 2.69. The van der Waals surface area contributed by atoms with Gasteiger partial charge >= 0.3 is 0 Å². The number of ether oxygens (including phenoxy) is 1. The Hall–Kier alpha value is -2.53. The van der Waals surface area contributed by atoms with Gasteiger partial charge in [-0.3, -0.25) is 4.79 Å². The second-order valence-electron chi connectivity index (χ2n) is 7.02. The Morgan fingerprint density at radius 2 is 1.78 bits per heavy atom. The van der Waals surface area contributed by atoms with E-state index in [1.807, 2.05) is 44.2 Å². The van der Waals surface area contributed by atoms with Crippen molar-refractivity contribution in [2.75, 3.05) is 49.5 Å². The van der Waals surface area contributed by atoms with Crippen molar-refractivity contribution in [1.29, 1.82) is 0 Å². The van der Waals surface area contributed by atoms with Crippen molar-refractivity contribution in [1.82, 2.24) is 4.90 Å². The fourth-order valence-corrected chi connectivity index (χ4v) is 3.36. The first-order valence-corrected chi connectivity index (χ1v) is 9.63. The van der Waals surface area contributed by atoms with Crippen LogP contribution in [0.3, 0.4) is 0 Å². The first-order valence-electron chi connectivity index (χ1n) is 9.63. The van der Waals surface area contributed by atoms with Crippen LogP contribution in [0.2, 0.25) is 0 Å². The molecular weight excluding hydrogens is 338 g/mol. The molecule has 2 aromatic rings. The van der Waals surface area contributed by atoms with Crippen LogP contribution < -0.4 is 15.0 Å². The number of amides is 1. The Bertz CT molecular complexity index is 783. The van der Waals surface area contributed by atoms with Crippen LogP contribution in [0.15, 0.2) is 42.5 Å². The number of carbonyl (C=O) groups is 1. The lowest BCUT2D eigenvalue weighted by atomic mass is 10.1. The number of hydrogen-bond acceptors (Lipinski definition) is 4. The van der Waals surface area contributed by atoms with Gasteiger partial charge in [0.15, 0.2) is 6.61 Å². The number of carbonyl (C=O) groups excluding carboxylic acids is 1. The molecule has 1 fully saturated rings. The van der Waals surface area contributed by atoms with E-state index in [0.29, 0.717) is 0 Å². The lowest BCUT2D eigenvalue weighted by molar-refractivity contribution is -0.118. The SMILES string of the molecule is CCN1CCN(c2ccc(NC(=O)COc3ccccc3C)c(C)c2)CC1. The molecule has 3 rings (SSSR count). The Labute approximate surface area is 161 Å². The molecule has 0 saturated carbocycles. The van der Waals surface area contributed by atoms with E-state index in [0.717, 1.165) is 55.3 Å². The molecule has 0 bridgehead atoms. The molecule has 0 spiro atoms. The third kappa shape index (κ3) is 5.01. The average molecular weight is 367 g/mol. The normalized spacial score (nSPS) is 14.9. The standard InChI is InChI=1S/C22H29N3O2/c1-4-24-11-13-25(14-12-24)19-9-10-20(18(3)15-19)23-22(26)16-27-21-8-6-5-7-17(21)2/h5-10,15H,4,11-14,16H2,1-3H3,(H,23,26). The van der Waals surface area contributed by atoms with Crippen LogP contribution in [0.25, 0.3) is 0 Å². The van der Waals surface area contributed by atoms with Crippen LogP contribution >= 0.6 is 0 Å². The van der Waals surface area contributed by atoms with E-state index in [1.165, 1.54) is 5.69 Å². The molecule has 1 aliphatic rings. The van der Waals surface area contributed by atoms with Crippen LogP contribution in [-0.2, 0) is 4.79 Å². The van der Waals surface area contributed by atoms with Crippen molar-refractivity contribution in [3.05, 3.63) is 53.6 Å². The number of anilines is 2. The third-order valence-electron chi connectivity index (χ3n) is 5.12. The summed E-state index contributed by atoms with van der Waals surface area (Å²) in [6, 6.07) is 13.9. The second-order valence-corrected chi connectivity index (χ2v) is 7.02. The molecule has 0 unspecified atom stereocenters. The van der Waals surface area contributed by atoms with Crippen molar-refractivity contribution in [3.63, 3.8) is 0 Å². The second kappa shape index (κ2) is 8.91. The lowest BCUT2D eigenvalue weighted by Gasteiger charge is -2.35. The summed E-state index contributed by atoms with van der Waals surface area (Å²) in [5, 5.41) is 2.96. The fraction of sp³-hybridized carbons (Fsp3) is 0.409. The zero-order valence-corrected chi connectivity index (χ0v) is 16.5. The van der Waals surface area contributed by atoms with Crippen molar-refractivity contribution in [3.8, 4) is 5.75 Å². The Morgan fingerprint density at radius 1 is 1.04 bits per heavy atom. The maximum Gasteiger partial charge on any atom is 0.262 e. The number of piperazine rings is 1. The Morgan fingerprint density at radius 3 is 2.44 bits per heavy atom. The molecule has 1 heterocycles. The molecule has 0 radical (unpaired) electrons. The highest BCUT2D eigenvalue weighted by Gasteiger charge is 2.16. The van der Waals surface area contributed by atoms with E-state index in [-0.39, 0.29) is 12.5 Å². The third-order valence-corrected chi connectivity index (χ3v) is 5.12. The molecule has 1 aliphatic heterocycles. The molecule has 1 saturated heterocycles. The quantitative estimate of drug-likeness (QED) is 0.849. The maximum atomic E-state index is 12.3. The minimum absolute atomic E-state index is 0.00498. The number of hydrogen-bond donors (Lipinski definition) is 1. The van der Waals surface area contributed by atoms with Gasteiger partial charge in [0.2, 0.25) is 0 Å². The summed E-state index contributed by atoms with van der Waals surface area (Å²) >= 11 is 0. The number of nitrogens with one attached hydrogen (secondary N) is 1. The number of aryl methyl sites for hydroxylation is 2. The Balaban J connectivity index is 1.56. The summed E-state index contributed by atoms with van der Waals surface area (Å²) in [5.74, 6) is 0.594. The largest absolute Gasteiger partial charge is 0.483 e. The number of para-hydroxylation sites is 1. The molecule has 5 heteroatoms. The molecular formula is C22H29N3O2. The van der Waals surface area contributed by atoms with Gasteiger partial charge in [-0.05, 0) is 55.8 Å². The molecule has 27 heavy (non-hydrogen) atoms. The smallest absolute Gasteiger partial charge is 0.262 e. The maximum absolute atomic E-state index is 12.3. The molecule has 1 amide bonds. The fourth-order valence-electron chi connectivity index (χ4n) is 3.36. The molecule has 144 valence electrons. The van der Waals surface area contributed by atoms with Crippen LogP contribution in [0, 0.1) is 13.8 Å². The molecule has 1 N–H and O–H groups in total. The van der Waals surface area contributed by atoms with Gasteiger partial charge in [-0.15, -0.1) is 0 Å². The van der Waals surface area contributed by atoms with Crippen LogP contribution in [0.5, 0.6) is 5.75 Å². The highest BCUT2D eigenvalue weighted by atomic mass is 16.5. The molecule has 0 aliphatic carbocycles. The predicted molar refractivity (Wildman–Crippen MR) is 111 cm³/mol. The summed E-state index contributed by atoms with van der Waals surface area (Å²) < 4.78 is 5.63. The summed E-state index contributed by atoms with van der Waals surface area (Å²) in [6.07, 6.45) is 0. The summed E-state index contributed by atoms with van der Waals surface area (Å²) in [5.41, 5.74) is 4.14. The lowest BCUT2D eigenvalue weighted by Crippen LogP contribution is -2.46. The number of likely N-dealkylation sites (N-methyl/N-ethyl adjacent to an activating group) is 1. The summed E-state index contributed by atoms with van der Waals surface area (Å²) in [7, 11) is 0. The number of rotatable bonds is 6. The van der Waals surface area contributed by atoms with E-state index in [1.54, 1.807) is 0 Å². The number of benzene rings is 2. The van der Waals surface area contributed by atoms with Crippen molar-refractivity contribution in [2.24, 2.45) is 0 Å². The van der Waals surface area contributed by atoms with E-state index in [9.17, 15) is 4.79 Å². The van der Waals surface area contributed by atoms with Gasteiger partial charge in [0, 0.05) is 37.6 Å². The van der Waals surface area contributed by atoms with E-state index in [4.69, 9.17) is 4.74 Å². The monoisotopic (exact) mass is 367 g/mol. The van der Waals surface area contributed by atoms with E-state index >= 15 is 0 Å². The molecule has 0 aromatic heterocycles. The van der Waals surface area contributed by atoms with Gasteiger partial charge in [0.1, 0.15) is 5.75 Å². The Kier molecular flexibility index (Phi) is 6.35. The van der Waals surface area contributed by atoms with Crippen molar-refractivity contribution >= 4 is 17.3 Å². The summed E-state index contributed by atoms with van der Waals surface area (Å²) in [4.78, 5) is 17.1. The van der Waals surface area contributed by atoms with Crippen LogP contribution in [-0.4, -0.2) is 50.1 Å². The van der Waals surface area contributed by atoms with Crippen molar-refractivity contribution < 1.29 is 9.53 Å². The number of nitrogens with zero attached hydrogens (tertiary/aromatic N) is 2. The van der Waals surface area contributed by atoms with Gasteiger partial charge in [-0.25, -0.2) is 0 Å². The zero-order chi connectivity index (χ0) is 19.2. The van der Waals surface area contributed by atoms with Gasteiger partial charge in [-0.1, -0.05) is 25.1 Å². The van der Waals surface area contributed by atoms with Gasteiger partial charge in [0.05, 0.1) is 0 Å². The summed E-state index contributed by atoms with van der Waals surface area (Å²) in [6.45, 7) is 11.6. The topological polar surface area (TPSA) is 44.8 Å². The van der Waals surface area contributed by atoms with E-state index < -0.39 is 0 Å². The zero-order valence-electron chi connectivity index (χ0n) is 16.5. The first-order chi connectivity index (χ1) is 13.1. The first kappa shape index (κ1) is 19.2. The molecule has 2 aromatic carbocycles. The highest BCUT2D eigenvalue weighted by molar-refractivity contribution is 5.92. The molecule has 0 atom stereocenters. The van der Waals surface area contributed by atoms with Gasteiger partial charge in [-0.2, -0.15) is 0 Å². The van der Waals surface area contributed by atoms with Crippen molar-refractivity contribution in [2.45, 2.75) is 20.8 Å². The van der Waals surface area contributed by atoms with E-state index in [2.05, 4.69) is 34.2 Å². The van der Waals surface area contributed by atoms with Crippen LogP contribution in [0.4, 0.5) is 11.4 Å².